The van der Waals surface area contributed by atoms with Gasteiger partial charge in [-0.1, -0.05) is 35.0 Å². The minimum atomic E-state index is -0.640. The summed E-state index contributed by atoms with van der Waals surface area (Å²) in [5.41, 5.74) is 19.0. The molecule has 1 fully saturated rings. The summed E-state index contributed by atoms with van der Waals surface area (Å²) >= 11 is 15.0. The minimum Gasteiger partial charge on any atom is -0.382 e. The van der Waals surface area contributed by atoms with Crippen LogP contribution in [0.5, 0.6) is 0 Å². The number of hydrogen-bond donors (Lipinski definition) is 3. The topological polar surface area (TPSA) is 150 Å². The highest BCUT2D eigenvalue weighted by atomic mass is 35.5. The Bertz CT molecular complexity index is 1240. The number of hydrogen-bond acceptors (Lipinski definition) is 10. The van der Waals surface area contributed by atoms with E-state index in [9.17, 15) is 4.79 Å². The van der Waals surface area contributed by atoms with Gasteiger partial charge in [-0.3, -0.25) is 4.79 Å². The molecule has 1 atom stereocenters. The van der Waals surface area contributed by atoms with Gasteiger partial charge in [0.1, 0.15) is 10.8 Å². The van der Waals surface area contributed by atoms with E-state index in [-0.39, 0.29) is 23.0 Å². The van der Waals surface area contributed by atoms with Crippen LogP contribution < -0.4 is 22.1 Å². The van der Waals surface area contributed by atoms with E-state index >= 15 is 0 Å². The van der Waals surface area contributed by atoms with Crippen LogP contribution in [0.1, 0.15) is 39.9 Å². The zero-order valence-corrected chi connectivity index (χ0v) is 20.4. The van der Waals surface area contributed by atoms with Crippen molar-refractivity contribution in [3.8, 4) is 0 Å². The van der Waals surface area contributed by atoms with Crippen LogP contribution in [0, 0.1) is 5.41 Å². The van der Waals surface area contributed by atoms with Crippen molar-refractivity contribution in [2.75, 3.05) is 23.7 Å². The summed E-state index contributed by atoms with van der Waals surface area (Å²) in [7, 11) is 0. The quantitative estimate of drug-likeness (QED) is 0.468. The van der Waals surface area contributed by atoms with Gasteiger partial charge in [-0.15, -0.1) is 11.3 Å². The van der Waals surface area contributed by atoms with Crippen LogP contribution in [0.25, 0.3) is 0 Å². The van der Waals surface area contributed by atoms with Crippen LogP contribution in [0.15, 0.2) is 28.4 Å². The number of piperidine rings is 1. The van der Waals surface area contributed by atoms with Gasteiger partial charge in [-0.25, -0.2) is 19.9 Å². The number of thiazole rings is 1. The molecule has 5 rings (SSSR count). The summed E-state index contributed by atoms with van der Waals surface area (Å²) in [4.78, 5) is 33.5. The third-order valence-electron chi connectivity index (χ3n) is 6.29. The van der Waals surface area contributed by atoms with Crippen molar-refractivity contribution in [1.82, 2.24) is 19.9 Å². The van der Waals surface area contributed by atoms with Crippen LogP contribution in [0.2, 0.25) is 9.49 Å². The monoisotopic (exact) mass is 522 g/mol. The second kappa shape index (κ2) is 8.55. The first-order valence-electron chi connectivity index (χ1n) is 10.2. The summed E-state index contributed by atoms with van der Waals surface area (Å²) in [5, 5.41) is 0.811. The molecule has 4 heterocycles. The number of rotatable bonds is 4. The van der Waals surface area contributed by atoms with Crippen LogP contribution in [0.3, 0.4) is 0 Å². The lowest BCUT2D eigenvalue weighted by atomic mass is 9.73. The fourth-order valence-electron chi connectivity index (χ4n) is 4.52. The molecule has 2 aliphatic rings. The van der Waals surface area contributed by atoms with Crippen molar-refractivity contribution in [3.63, 3.8) is 0 Å². The molecular formula is C20H20Cl2N8OS2. The Morgan fingerprint density at radius 2 is 2.00 bits per heavy atom. The number of halogens is 2. The lowest BCUT2D eigenvalue weighted by molar-refractivity contribution is 0.0994. The smallest absolute Gasteiger partial charge is 0.271 e. The van der Waals surface area contributed by atoms with E-state index in [0.717, 1.165) is 25.0 Å². The number of pyridine rings is 1. The lowest BCUT2D eigenvalue weighted by Crippen LogP contribution is -2.45. The number of carbonyl (C=O) groups is 1. The third-order valence-corrected chi connectivity index (χ3v) is 8.94. The maximum Gasteiger partial charge on any atom is 0.271 e. The van der Waals surface area contributed by atoms with Crippen LogP contribution in [-0.2, 0) is 6.42 Å². The second-order valence-electron chi connectivity index (χ2n) is 8.13. The molecule has 9 nitrogen and oxygen atoms in total. The molecule has 3 aromatic rings. The number of primary amides is 1. The highest BCUT2D eigenvalue weighted by Gasteiger charge is 2.48. The van der Waals surface area contributed by atoms with Gasteiger partial charge < -0.3 is 22.1 Å². The number of anilines is 2. The average molecular weight is 523 g/mol. The molecule has 0 radical (unpaired) electrons. The Balaban J connectivity index is 1.35. The van der Waals surface area contributed by atoms with Gasteiger partial charge in [0.2, 0.25) is 0 Å². The first-order chi connectivity index (χ1) is 15.8. The zero-order valence-electron chi connectivity index (χ0n) is 17.3. The number of nitrogens with zero attached hydrogens (tertiary/aromatic N) is 5. The molecule has 33 heavy (non-hydrogen) atoms. The summed E-state index contributed by atoms with van der Waals surface area (Å²) in [6.45, 7) is 1.37. The normalized spacial score (nSPS) is 19.1. The number of aromatic nitrogens is 4. The summed E-state index contributed by atoms with van der Waals surface area (Å²) in [5.74, 6) is 0.0595. The van der Waals surface area contributed by atoms with E-state index < -0.39 is 5.91 Å². The van der Waals surface area contributed by atoms with E-state index in [1.54, 1.807) is 18.5 Å². The molecule has 0 aromatic carbocycles. The summed E-state index contributed by atoms with van der Waals surface area (Å²) in [6.07, 6.45) is 5.73. The van der Waals surface area contributed by atoms with Crippen molar-refractivity contribution in [1.29, 1.82) is 0 Å². The van der Waals surface area contributed by atoms with E-state index in [0.29, 0.717) is 38.3 Å². The first-order valence-corrected chi connectivity index (χ1v) is 12.6. The molecular weight excluding hydrogens is 503 g/mol. The second-order valence-corrected chi connectivity index (χ2v) is 11.2. The van der Waals surface area contributed by atoms with Crippen molar-refractivity contribution in [3.05, 3.63) is 44.2 Å². The molecule has 0 unspecified atom stereocenters. The van der Waals surface area contributed by atoms with Gasteiger partial charge >= 0.3 is 0 Å². The van der Waals surface area contributed by atoms with Crippen LogP contribution in [-0.4, -0.2) is 38.9 Å². The Labute approximate surface area is 208 Å². The highest BCUT2D eigenvalue weighted by Crippen LogP contribution is 2.52. The molecule has 6 N–H and O–H groups in total. The maximum absolute atomic E-state index is 12.2. The summed E-state index contributed by atoms with van der Waals surface area (Å²) < 4.78 is 0.540. The van der Waals surface area contributed by atoms with Gasteiger partial charge in [-0.05, 0) is 30.7 Å². The third kappa shape index (κ3) is 4.01. The number of fused-ring (bicyclic) bond motifs is 1. The Morgan fingerprint density at radius 3 is 2.70 bits per heavy atom. The molecule has 1 spiro atoms. The van der Waals surface area contributed by atoms with Gasteiger partial charge in [0.15, 0.2) is 16.0 Å². The van der Waals surface area contributed by atoms with Crippen molar-refractivity contribution in [2.24, 2.45) is 16.9 Å². The van der Waals surface area contributed by atoms with Gasteiger partial charge in [0.05, 0.1) is 23.0 Å². The van der Waals surface area contributed by atoms with E-state index in [4.69, 9.17) is 40.4 Å². The van der Waals surface area contributed by atoms with Crippen molar-refractivity contribution in [2.45, 2.75) is 35.2 Å². The Morgan fingerprint density at radius 1 is 1.24 bits per heavy atom. The zero-order chi connectivity index (χ0) is 23.3. The maximum atomic E-state index is 12.2. The molecule has 0 bridgehead atoms. The number of carbonyl (C=O) groups excluding carboxylic acids is 1. The summed E-state index contributed by atoms with van der Waals surface area (Å²) in [6, 6.07) is 1.58. The van der Waals surface area contributed by atoms with Crippen LogP contribution >= 0.6 is 46.3 Å². The van der Waals surface area contributed by atoms with Gasteiger partial charge in [0.25, 0.3) is 5.91 Å². The highest BCUT2D eigenvalue weighted by molar-refractivity contribution is 7.99. The molecule has 1 aliphatic carbocycles. The lowest BCUT2D eigenvalue weighted by Gasteiger charge is -2.42. The molecule has 172 valence electrons. The molecule has 0 saturated carbocycles. The fourth-order valence-corrected chi connectivity index (χ4v) is 6.89. The number of amides is 1. The predicted octanol–water partition coefficient (Wildman–Crippen LogP) is 3.31. The Kier molecular flexibility index (Phi) is 5.86. The molecule has 13 heteroatoms. The number of nitrogen functional groups attached to an aromatic ring is 1. The predicted molar refractivity (Wildman–Crippen MR) is 130 cm³/mol. The fraction of sp³-hybridized carbons (Fsp3) is 0.350. The van der Waals surface area contributed by atoms with E-state index in [1.165, 1.54) is 28.0 Å². The molecule has 1 amide bonds. The van der Waals surface area contributed by atoms with Gasteiger partial charge in [0, 0.05) is 29.1 Å². The number of nitrogens with two attached hydrogens (primary N) is 3. The van der Waals surface area contributed by atoms with Gasteiger partial charge in [-0.2, -0.15) is 0 Å². The van der Waals surface area contributed by atoms with E-state index in [1.807, 2.05) is 4.90 Å². The average Bonchev–Trinajstić information content (AvgIpc) is 3.26. The van der Waals surface area contributed by atoms with Crippen molar-refractivity contribution < 1.29 is 4.79 Å². The minimum absolute atomic E-state index is 0.0522. The molecule has 3 aromatic heterocycles. The Hall–Kier alpha value is -2.18. The molecule has 1 aliphatic heterocycles. The SMILES string of the molecule is NC(=O)c1nc(Sc2ccnc(N)c2Cl)cnc1N1CCC2(CC1)Cc1sc(Cl)nc1[C@H]2N. The largest absolute Gasteiger partial charge is 0.382 e. The van der Waals surface area contributed by atoms with Crippen LogP contribution in [0.4, 0.5) is 11.6 Å². The van der Waals surface area contributed by atoms with Crippen molar-refractivity contribution >= 4 is 63.8 Å². The standard InChI is InChI=1S/C20H20Cl2N8OS2/c21-12-9(1-4-26-16(12)24)32-11-8-27-18(14(28-11)17(25)31)30-5-2-20(3-6-30)7-10-13(15(20)23)29-19(22)33-10/h1,4,8,15H,2-3,5-7,23H2,(H2,24,26)(H2,25,31)/t15-/m1/s1. The molecule has 1 saturated heterocycles. The first kappa shape index (κ1) is 22.6. The van der Waals surface area contributed by atoms with E-state index in [2.05, 4.69) is 19.9 Å².